The van der Waals surface area contributed by atoms with E-state index < -0.39 is 5.54 Å². The molecule has 1 N–H and O–H groups in total. The lowest BCUT2D eigenvalue weighted by Crippen LogP contribution is -2.59. The zero-order valence-electron chi connectivity index (χ0n) is 13.4. The summed E-state index contributed by atoms with van der Waals surface area (Å²) in [6.07, 6.45) is 4.91. The zero-order valence-corrected chi connectivity index (χ0v) is 13.4. The van der Waals surface area contributed by atoms with Gasteiger partial charge in [-0.25, -0.2) is 0 Å². The first kappa shape index (κ1) is 15.8. The lowest BCUT2D eigenvalue weighted by atomic mass is 10.0. The minimum absolute atomic E-state index is 0.0960. The van der Waals surface area contributed by atoms with Crippen LogP contribution in [0, 0.1) is 5.92 Å². The molecule has 4 heteroatoms. The van der Waals surface area contributed by atoms with Crippen LogP contribution in [0.5, 0.6) is 0 Å². The van der Waals surface area contributed by atoms with Crippen molar-refractivity contribution < 1.29 is 9.53 Å². The monoisotopic (exact) mass is 282 g/mol. The minimum Gasteiger partial charge on any atom is -0.465 e. The molecule has 0 saturated heterocycles. The smallest absolute Gasteiger partial charge is 0.327 e. The van der Waals surface area contributed by atoms with Crippen LogP contribution in [-0.4, -0.2) is 48.2 Å². The molecule has 116 valence electrons. The van der Waals surface area contributed by atoms with E-state index in [0.717, 1.165) is 13.1 Å². The highest BCUT2D eigenvalue weighted by Crippen LogP contribution is 2.30. The third-order valence-corrected chi connectivity index (χ3v) is 4.01. The molecular weight excluding hydrogens is 252 g/mol. The maximum atomic E-state index is 12.4. The Kier molecular flexibility index (Phi) is 5.08. The fourth-order valence-corrected chi connectivity index (χ4v) is 2.80. The molecule has 0 aromatic rings. The van der Waals surface area contributed by atoms with Gasteiger partial charge < -0.3 is 4.74 Å². The van der Waals surface area contributed by atoms with Gasteiger partial charge in [0.1, 0.15) is 5.54 Å². The first-order chi connectivity index (χ1) is 9.44. The van der Waals surface area contributed by atoms with Gasteiger partial charge in [0.05, 0.1) is 6.61 Å². The summed E-state index contributed by atoms with van der Waals surface area (Å²) >= 11 is 0. The summed E-state index contributed by atoms with van der Waals surface area (Å²) in [4.78, 5) is 14.9. The van der Waals surface area contributed by atoms with Gasteiger partial charge >= 0.3 is 5.97 Å². The van der Waals surface area contributed by atoms with Gasteiger partial charge in [0.15, 0.2) is 0 Å². The van der Waals surface area contributed by atoms with E-state index in [1.165, 1.54) is 25.7 Å². The van der Waals surface area contributed by atoms with Gasteiger partial charge in [-0.3, -0.25) is 15.0 Å². The van der Waals surface area contributed by atoms with Gasteiger partial charge in [-0.2, -0.15) is 0 Å². The van der Waals surface area contributed by atoms with Crippen molar-refractivity contribution in [3.05, 3.63) is 0 Å². The summed E-state index contributed by atoms with van der Waals surface area (Å²) in [7, 11) is 0. The van der Waals surface area contributed by atoms with Crippen molar-refractivity contribution in [3.63, 3.8) is 0 Å². The number of hydrogen-bond acceptors (Lipinski definition) is 4. The highest BCUT2D eigenvalue weighted by atomic mass is 16.5. The van der Waals surface area contributed by atoms with Crippen LogP contribution in [0.4, 0.5) is 0 Å². The molecule has 0 aromatic heterocycles. The number of carbonyl (C=O) groups excluding carboxylic acids is 1. The molecule has 0 aromatic carbocycles. The van der Waals surface area contributed by atoms with Gasteiger partial charge in [-0.1, -0.05) is 13.8 Å². The summed E-state index contributed by atoms with van der Waals surface area (Å²) in [5, 5.41) is 3.52. The first-order valence-electron chi connectivity index (χ1n) is 8.13. The van der Waals surface area contributed by atoms with E-state index in [1.807, 2.05) is 13.8 Å². The number of esters is 1. The predicted molar refractivity (Wildman–Crippen MR) is 80.6 cm³/mol. The van der Waals surface area contributed by atoms with Crippen LogP contribution in [0.1, 0.15) is 53.4 Å². The summed E-state index contributed by atoms with van der Waals surface area (Å²) in [5.74, 6) is 0.532. The second-order valence-corrected chi connectivity index (χ2v) is 7.03. The molecule has 0 aliphatic heterocycles. The number of nitrogens with zero attached hydrogens (tertiary/aromatic N) is 1. The van der Waals surface area contributed by atoms with Crippen LogP contribution in [0.15, 0.2) is 0 Å². The van der Waals surface area contributed by atoms with E-state index in [0.29, 0.717) is 24.6 Å². The Morgan fingerprint density at radius 1 is 1.35 bits per heavy atom. The normalized spacial score (nSPS) is 22.1. The maximum absolute atomic E-state index is 12.4. The second kappa shape index (κ2) is 6.44. The van der Waals surface area contributed by atoms with Gasteiger partial charge in [-0.15, -0.1) is 0 Å². The standard InChI is InChI=1S/C16H30N2O2/c1-5-20-15(19)16(4,17-13-6-7-13)11-18(10-12(2)3)14-8-9-14/h12-14,17H,5-11H2,1-4H3. The van der Waals surface area contributed by atoms with E-state index in [-0.39, 0.29) is 5.97 Å². The molecule has 0 bridgehead atoms. The number of ether oxygens (including phenoxy) is 1. The van der Waals surface area contributed by atoms with E-state index in [1.54, 1.807) is 0 Å². The Bertz CT molecular complexity index is 337. The molecule has 20 heavy (non-hydrogen) atoms. The molecule has 2 saturated carbocycles. The predicted octanol–water partition coefficient (Wildman–Crippen LogP) is 2.18. The average Bonchev–Trinajstić information content (AvgIpc) is 3.22. The highest BCUT2D eigenvalue weighted by Gasteiger charge is 2.43. The molecule has 2 aliphatic rings. The van der Waals surface area contributed by atoms with Crippen molar-refractivity contribution in [3.8, 4) is 0 Å². The summed E-state index contributed by atoms with van der Waals surface area (Å²) in [6.45, 7) is 10.7. The van der Waals surface area contributed by atoms with Crippen LogP contribution in [0.2, 0.25) is 0 Å². The fourth-order valence-electron chi connectivity index (χ4n) is 2.80. The molecule has 0 radical (unpaired) electrons. The SMILES string of the molecule is CCOC(=O)C(C)(CN(CC(C)C)C1CC1)NC1CC1. The average molecular weight is 282 g/mol. The number of rotatable bonds is 9. The van der Waals surface area contributed by atoms with Gasteiger partial charge in [0, 0.05) is 25.2 Å². The molecule has 1 atom stereocenters. The van der Waals surface area contributed by atoms with Crippen LogP contribution < -0.4 is 5.32 Å². The fraction of sp³-hybridized carbons (Fsp3) is 0.938. The van der Waals surface area contributed by atoms with Gasteiger partial charge in [-0.05, 0) is 45.4 Å². The third kappa shape index (κ3) is 4.45. The summed E-state index contributed by atoms with van der Waals surface area (Å²) < 4.78 is 5.31. The first-order valence-corrected chi connectivity index (χ1v) is 8.13. The van der Waals surface area contributed by atoms with E-state index >= 15 is 0 Å². The van der Waals surface area contributed by atoms with Crippen LogP contribution in [0.25, 0.3) is 0 Å². The Labute approximate surface area is 123 Å². The molecule has 0 amide bonds. The van der Waals surface area contributed by atoms with Gasteiger partial charge in [0.2, 0.25) is 0 Å². The van der Waals surface area contributed by atoms with Crippen LogP contribution in [0.3, 0.4) is 0 Å². The lowest BCUT2D eigenvalue weighted by molar-refractivity contribution is -0.151. The lowest BCUT2D eigenvalue weighted by Gasteiger charge is -2.35. The Balaban J connectivity index is 2.01. The molecule has 4 nitrogen and oxygen atoms in total. The molecular formula is C16H30N2O2. The zero-order chi connectivity index (χ0) is 14.8. The van der Waals surface area contributed by atoms with Crippen LogP contribution >= 0.6 is 0 Å². The van der Waals surface area contributed by atoms with Crippen molar-refractivity contribution in [2.75, 3.05) is 19.7 Å². The van der Waals surface area contributed by atoms with Crippen molar-refractivity contribution >= 4 is 5.97 Å². The molecule has 2 rings (SSSR count). The highest BCUT2D eigenvalue weighted by molar-refractivity contribution is 5.80. The topological polar surface area (TPSA) is 41.6 Å². The number of carbonyl (C=O) groups is 1. The van der Waals surface area contributed by atoms with Crippen molar-refractivity contribution in [1.82, 2.24) is 10.2 Å². The van der Waals surface area contributed by atoms with Crippen molar-refractivity contribution in [1.29, 1.82) is 0 Å². The molecule has 1 unspecified atom stereocenters. The second-order valence-electron chi connectivity index (χ2n) is 7.03. The molecule has 2 fully saturated rings. The molecule has 0 heterocycles. The van der Waals surface area contributed by atoms with Crippen molar-refractivity contribution in [2.45, 2.75) is 71.0 Å². The third-order valence-electron chi connectivity index (χ3n) is 4.01. The Hall–Kier alpha value is -0.610. The summed E-state index contributed by atoms with van der Waals surface area (Å²) in [5.41, 5.74) is -0.561. The Morgan fingerprint density at radius 3 is 2.45 bits per heavy atom. The van der Waals surface area contributed by atoms with E-state index in [4.69, 9.17) is 4.74 Å². The van der Waals surface area contributed by atoms with E-state index in [2.05, 4.69) is 24.1 Å². The quantitative estimate of drug-likeness (QED) is 0.658. The van der Waals surface area contributed by atoms with Crippen LogP contribution in [-0.2, 0) is 9.53 Å². The summed E-state index contributed by atoms with van der Waals surface area (Å²) in [6, 6.07) is 1.18. The maximum Gasteiger partial charge on any atom is 0.327 e. The van der Waals surface area contributed by atoms with E-state index in [9.17, 15) is 4.79 Å². The largest absolute Gasteiger partial charge is 0.465 e. The molecule has 2 aliphatic carbocycles. The Morgan fingerprint density at radius 2 is 2.00 bits per heavy atom. The molecule has 0 spiro atoms. The van der Waals surface area contributed by atoms with Gasteiger partial charge in [0.25, 0.3) is 0 Å². The number of hydrogen-bond donors (Lipinski definition) is 1. The minimum atomic E-state index is -0.561. The van der Waals surface area contributed by atoms with Crippen molar-refractivity contribution in [2.24, 2.45) is 5.92 Å². The number of nitrogens with one attached hydrogen (secondary N) is 1.